The molecule has 0 aliphatic carbocycles. The Balaban J connectivity index is 2.14. The molecule has 0 fully saturated rings. The third kappa shape index (κ3) is 4.55. The van der Waals surface area contributed by atoms with Crippen LogP contribution in [0.15, 0.2) is 40.9 Å². The standard InChI is InChI=1S/C17H19BrFNO/c1-3-8-20-11-13-5-4-12(2)17(9-13)21-14-6-7-16(19)15(18)10-14/h4-7,9-10,20H,3,8,11H2,1-2H3. The van der Waals surface area contributed by atoms with Crippen molar-refractivity contribution in [2.24, 2.45) is 0 Å². The van der Waals surface area contributed by atoms with E-state index in [1.807, 2.05) is 19.1 Å². The molecule has 2 aromatic carbocycles. The van der Waals surface area contributed by atoms with Gasteiger partial charge in [0.25, 0.3) is 0 Å². The fraction of sp³-hybridized carbons (Fsp3) is 0.294. The molecule has 0 atom stereocenters. The number of hydrogen-bond acceptors (Lipinski definition) is 2. The molecule has 21 heavy (non-hydrogen) atoms. The average molecular weight is 352 g/mol. The van der Waals surface area contributed by atoms with Gasteiger partial charge in [0.2, 0.25) is 0 Å². The number of aryl methyl sites for hydroxylation is 1. The highest BCUT2D eigenvalue weighted by atomic mass is 79.9. The van der Waals surface area contributed by atoms with Crippen LogP contribution < -0.4 is 10.1 Å². The van der Waals surface area contributed by atoms with E-state index in [2.05, 4.69) is 34.2 Å². The molecule has 2 rings (SSSR count). The van der Waals surface area contributed by atoms with Crippen LogP contribution in [0, 0.1) is 12.7 Å². The SMILES string of the molecule is CCCNCc1ccc(C)c(Oc2ccc(F)c(Br)c2)c1. The van der Waals surface area contributed by atoms with E-state index in [1.54, 1.807) is 12.1 Å². The lowest BCUT2D eigenvalue weighted by Crippen LogP contribution is -2.13. The van der Waals surface area contributed by atoms with Gasteiger partial charge in [-0.25, -0.2) is 4.39 Å². The van der Waals surface area contributed by atoms with Crippen LogP contribution in [0.25, 0.3) is 0 Å². The maximum atomic E-state index is 13.2. The summed E-state index contributed by atoms with van der Waals surface area (Å²) in [5, 5.41) is 3.37. The zero-order valence-corrected chi connectivity index (χ0v) is 13.8. The summed E-state index contributed by atoms with van der Waals surface area (Å²) >= 11 is 3.17. The normalized spacial score (nSPS) is 10.7. The van der Waals surface area contributed by atoms with Crippen LogP contribution in [0.2, 0.25) is 0 Å². The van der Waals surface area contributed by atoms with Crippen molar-refractivity contribution in [2.75, 3.05) is 6.54 Å². The Morgan fingerprint density at radius 2 is 2.00 bits per heavy atom. The van der Waals surface area contributed by atoms with Crippen LogP contribution >= 0.6 is 15.9 Å². The number of nitrogens with one attached hydrogen (secondary N) is 1. The number of rotatable bonds is 6. The van der Waals surface area contributed by atoms with Crippen LogP contribution in [0.3, 0.4) is 0 Å². The van der Waals surface area contributed by atoms with Crippen molar-refractivity contribution < 1.29 is 9.13 Å². The minimum Gasteiger partial charge on any atom is -0.457 e. The predicted molar refractivity (Wildman–Crippen MR) is 87.4 cm³/mol. The van der Waals surface area contributed by atoms with E-state index in [0.717, 1.165) is 30.8 Å². The molecule has 0 aromatic heterocycles. The molecule has 0 radical (unpaired) electrons. The number of ether oxygens (including phenoxy) is 1. The number of hydrogen-bond donors (Lipinski definition) is 1. The van der Waals surface area contributed by atoms with Gasteiger partial charge < -0.3 is 10.1 Å². The molecule has 2 nitrogen and oxygen atoms in total. The Morgan fingerprint density at radius 3 is 2.71 bits per heavy atom. The Bertz CT molecular complexity index is 616. The monoisotopic (exact) mass is 351 g/mol. The van der Waals surface area contributed by atoms with Crippen molar-refractivity contribution in [2.45, 2.75) is 26.8 Å². The predicted octanol–water partition coefficient (Wildman–Crippen LogP) is 5.19. The number of halogens is 2. The molecule has 0 heterocycles. The molecule has 0 aliphatic heterocycles. The van der Waals surface area contributed by atoms with Crippen molar-refractivity contribution in [3.63, 3.8) is 0 Å². The van der Waals surface area contributed by atoms with Crippen LogP contribution in [0.1, 0.15) is 24.5 Å². The largest absolute Gasteiger partial charge is 0.457 e. The Hall–Kier alpha value is -1.39. The lowest BCUT2D eigenvalue weighted by molar-refractivity contribution is 0.475. The first-order valence-corrected chi connectivity index (χ1v) is 7.82. The van der Waals surface area contributed by atoms with E-state index in [-0.39, 0.29) is 5.82 Å². The minimum absolute atomic E-state index is 0.295. The molecule has 0 unspecified atom stereocenters. The molecule has 0 saturated carbocycles. The van der Waals surface area contributed by atoms with Gasteiger partial charge in [-0.1, -0.05) is 19.1 Å². The van der Waals surface area contributed by atoms with Gasteiger partial charge >= 0.3 is 0 Å². The Morgan fingerprint density at radius 1 is 1.19 bits per heavy atom. The smallest absolute Gasteiger partial charge is 0.137 e. The third-order valence-electron chi connectivity index (χ3n) is 3.13. The highest BCUT2D eigenvalue weighted by Crippen LogP contribution is 2.29. The molecular formula is C17H19BrFNO. The molecule has 1 N–H and O–H groups in total. The van der Waals surface area contributed by atoms with Crippen LogP contribution in [-0.2, 0) is 6.54 Å². The lowest BCUT2D eigenvalue weighted by Gasteiger charge is -2.11. The average Bonchev–Trinajstić information content (AvgIpc) is 2.46. The Kier molecular flexibility index (Phi) is 5.76. The van der Waals surface area contributed by atoms with Crippen molar-refractivity contribution >= 4 is 15.9 Å². The van der Waals surface area contributed by atoms with Crippen molar-refractivity contribution in [3.8, 4) is 11.5 Å². The van der Waals surface area contributed by atoms with Gasteiger partial charge in [-0.3, -0.25) is 0 Å². The van der Waals surface area contributed by atoms with Gasteiger partial charge in [-0.05, 0) is 71.2 Å². The fourth-order valence-electron chi connectivity index (χ4n) is 1.94. The number of benzene rings is 2. The molecule has 0 saturated heterocycles. The van der Waals surface area contributed by atoms with Crippen LogP contribution in [0.4, 0.5) is 4.39 Å². The molecule has 112 valence electrons. The summed E-state index contributed by atoms with van der Waals surface area (Å²) in [7, 11) is 0. The van der Waals surface area contributed by atoms with E-state index < -0.39 is 0 Å². The maximum Gasteiger partial charge on any atom is 0.137 e. The first kappa shape index (κ1) is 16.0. The highest BCUT2D eigenvalue weighted by molar-refractivity contribution is 9.10. The van der Waals surface area contributed by atoms with E-state index in [1.165, 1.54) is 11.6 Å². The van der Waals surface area contributed by atoms with Crippen LogP contribution in [-0.4, -0.2) is 6.54 Å². The lowest BCUT2D eigenvalue weighted by atomic mass is 10.1. The molecule has 4 heteroatoms. The zero-order chi connectivity index (χ0) is 15.2. The summed E-state index contributed by atoms with van der Waals surface area (Å²) in [5.41, 5.74) is 2.22. The first-order valence-electron chi connectivity index (χ1n) is 7.03. The second-order valence-electron chi connectivity index (χ2n) is 4.95. The van der Waals surface area contributed by atoms with Crippen molar-refractivity contribution in [1.29, 1.82) is 0 Å². The second-order valence-corrected chi connectivity index (χ2v) is 5.81. The van der Waals surface area contributed by atoms with Gasteiger partial charge in [-0.2, -0.15) is 0 Å². The summed E-state index contributed by atoms with van der Waals surface area (Å²) in [6.45, 7) is 5.95. The van der Waals surface area contributed by atoms with Gasteiger partial charge in [0.1, 0.15) is 17.3 Å². The summed E-state index contributed by atoms with van der Waals surface area (Å²) < 4.78 is 19.5. The van der Waals surface area contributed by atoms with Crippen molar-refractivity contribution in [3.05, 3.63) is 57.8 Å². The zero-order valence-electron chi connectivity index (χ0n) is 12.2. The van der Waals surface area contributed by atoms with Crippen LogP contribution in [0.5, 0.6) is 11.5 Å². The van der Waals surface area contributed by atoms with E-state index in [0.29, 0.717) is 10.2 Å². The highest BCUT2D eigenvalue weighted by Gasteiger charge is 2.06. The minimum atomic E-state index is -0.295. The first-order chi connectivity index (χ1) is 10.1. The molecule has 0 amide bonds. The fourth-order valence-corrected chi connectivity index (χ4v) is 2.30. The van der Waals surface area contributed by atoms with Gasteiger partial charge in [-0.15, -0.1) is 0 Å². The third-order valence-corrected chi connectivity index (χ3v) is 3.74. The molecule has 0 spiro atoms. The molecule has 2 aromatic rings. The summed E-state index contributed by atoms with van der Waals surface area (Å²) in [6.07, 6.45) is 1.11. The summed E-state index contributed by atoms with van der Waals surface area (Å²) in [5.74, 6) is 1.12. The van der Waals surface area contributed by atoms with E-state index in [4.69, 9.17) is 4.74 Å². The topological polar surface area (TPSA) is 21.3 Å². The van der Waals surface area contributed by atoms with E-state index >= 15 is 0 Å². The molecular weight excluding hydrogens is 333 g/mol. The molecule has 0 aliphatic rings. The van der Waals surface area contributed by atoms with Gasteiger partial charge in [0, 0.05) is 6.54 Å². The van der Waals surface area contributed by atoms with Gasteiger partial charge in [0.05, 0.1) is 4.47 Å². The van der Waals surface area contributed by atoms with Crippen molar-refractivity contribution in [1.82, 2.24) is 5.32 Å². The quantitative estimate of drug-likeness (QED) is 0.723. The molecule has 0 bridgehead atoms. The van der Waals surface area contributed by atoms with E-state index in [9.17, 15) is 4.39 Å². The Labute approximate surface area is 133 Å². The van der Waals surface area contributed by atoms with Gasteiger partial charge in [0.15, 0.2) is 0 Å². The maximum absolute atomic E-state index is 13.2. The second kappa shape index (κ2) is 7.57. The summed E-state index contributed by atoms with van der Waals surface area (Å²) in [4.78, 5) is 0. The summed E-state index contributed by atoms with van der Waals surface area (Å²) in [6, 6.07) is 10.8.